The zero-order chi connectivity index (χ0) is 23.5. The van der Waals surface area contributed by atoms with Crippen LogP contribution in [-0.2, 0) is 12.6 Å². The Morgan fingerprint density at radius 3 is 2.70 bits per heavy atom. The molecule has 172 valence electrons. The monoisotopic (exact) mass is 476 g/mol. The zero-order valence-corrected chi connectivity index (χ0v) is 18.6. The first-order valence-corrected chi connectivity index (χ1v) is 11.0. The number of alkyl halides is 3. The molecule has 3 aromatic heterocycles. The average Bonchev–Trinajstić information content (AvgIpc) is 3.29. The predicted octanol–water partition coefficient (Wildman–Crippen LogP) is 4.78. The van der Waals surface area contributed by atoms with Crippen molar-refractivity contribution in [3.8, 4) is 11.4 Å². The van der Waals surface area contributed by atoms with Crippen LogP contribution in [0.15, 0.2) is 24.5 Å². The Hall–Kier alpha value is -3.01. The van der Waals surface area contributed by atoms with Crippen LogP contribution in [0.3, 0.4) is 0 Å². The topological polar surface area (TPSA) is 87.7 Å². The number of rotatable bonds is 2. The molecular formula is C22H20ClF3N6O. The fourth-order valence-corrected chi connectivity index (χ4v) is 5.28. The largest absolute Gasteiger partial charge is 0.434 e. The molecule has 2 bridgehead atoms. The Kier molecular flexibility index (Phi) is 5.15. The lowest BCUT2D eigenvalue weighted by atomic mass is 9.76. The number of amides is 1. The van der Waals surface area contributed by atoms with E-state index in [-0.39, 0.29) is 23.6 Å². The van der Waals surface area contributed by atoms with Crippen LogP contribution in [0.4, 0.5) is 13.2 Å². The number of hydrogen-bond donors (Lipinski definition) is 1. The maximum Gasteiger partial charge on any atom is 0.434 e. The molecular weight excluding hydrogens is 457 g/mol. The lowest BCUT2D eigenvalue weighted by molar-refractivity contribution is -0.141. The molecule has 0 aromatic carbocycles. The number of carbonyl (C=O) groups excluding carboxylic acids is 1. The second kappa shape index (κ2) is 7.79. The Morgan fingerprint density at radius 1 is 1.21 bits per heavy atom. The fourth-order valence-electron chi connectivity index (χ4n) is 4.98. The third-order valence-corrected chi connectivity index (χ3v) is 6.89. The number of aryl methyl sites for hydroxylation is 1. The summed E-state index contributed by atoms with van der Waals surface area (Å²) in [6.07, 6.45) is -0.133. The van der Waals surface area contributed by atoms with Gasteiger partial charge in [-0.1, -0.05) is 18.5 Å². The summed E-state index contributed by atoms with van der Waals surface area (Å²) in [6, 6.07) is 2.46. The minimum absolute atomic E-state index is 0.136. The summed E-state index contributed by atoms with van der Waals surface area (Å²) in [4.78, 5) is 28.0. The summed E-state index contributed by atoms with van der Waals surface area (Å²) in [6.45, 7) is 3.82. The maximum absolute atomic E-state index is 13.7. The number of piperidine rings is 1. The molecule has 0 saturated carbocycles. The molecule has 2 aliphatic rings. The summed E-state index contributed by atoms with van der Waals surface area (Å²) in [5.41, 5.74) is 1.70. The van der Waals surface area contributed by atoms with Crippen molar-refractivity contribution in [2.45, 2.75) is 51.4 Å². The van der Waals surface area contributed by atoms with Crippen LogP contribution >= 0.6 is 11.6 Å². The smallest absolute Gasteiger partial charge is 0.326 e. The van der Waals surface area contributed by atoms with Crippen molar-refractivity contribution in [2.24, 2.45) is 5.92 Å². The van der Waals surface area contributed by atoms with E-state index in [4.69, 9.17) is 11.6 Å². The molecule has 1 fully saturated rings. The fraction of sp³-hybridized carbons (Fsp3) is 0.409. The highest BCUT2D eigenvalue weighted by Crippen LogP contribution is 2.46. The maximum atomic E-state index is 13.7. The molecule has 0 radical (unpaired) electrons. The van der Waals surface area contributed by atoms with Crippen molar-refractivity contribution in [2.75, 3.05) is 0 Å². The van der Waals surface area contributed by atoms with Gasteiger partial charge in [0.25, 0.3) is 5.91 Å². The van der Waals surface area contributed by atoms with Crippen LogP contribution in [-0.4, -0.2) is 42.0 Å². The summed E-state index contributed by atoms with van der Waals surface area (Å²) in [7, 11) is 0. The number of halogens is 4. The van der Waals surface area contributed by atoms with Gasteiger partial charge in [-0.2, -0.15) is 18.3 Å². The van der Waals surface area contributed by atoms with E-state index >= 15 is 0 Å². The zero-order valence-electron chi connectivity index (χ0n) is 17.8. The average molecular weight is 477 g/mol. The number of pyridine rings is 1. The van der Waals surface area contributed by atoms with Crippen LogP contribution in [0, 0.1) is 12.8 Å². The first-order valence-electron chi connectivity index (χ1n) is 10.6. The third-order valence-electron chi connectivity index (χ3n) is 6.50. The molecule has 7 nitrogen and oxygen atoms in total. The van der Waals surface area contributed by atoms with Crippen LogP contribution in [0.1, 0.15) is 58.9 Å². The van der Waals surface area contributed by atoms with Gasteiger partial charge in [0.05, 0.1) is 33.7 Å². The summed E-state index contributed by atoms with van der Waals surface area (Å²) < 4.78 is 40.1. The van der Waals surface area contributed by atoms with Crippen LogP contribution in [0.25, 0.3) is 11.4 Å². The van der Waals surface area contributed by atoms with E-state index in [2.05, 4.69) is 25.1 Å². The van der Waals surface area contributed by atoms with Gasteiger partial charge in [0, 0.05) is 24.0 Å². The van der Waals surface area contributed by atoms with Gasteiger partial charge in [0.1, 0.15) is 5.82 Å². The Balaban J connectivity index is 1.63. The molecule has 3 aromatic rings. The number of nitrogens with one attached hydrogen (secondary N) is 1. The first kappa shape index (κ1) is 21.8. The number of aromatic amines is 1. The van der Waals surface area contributed by atoms with E-state index < -0.39 is 22.8 Å². The number of fused-ring (bicyclic) bond motifs is 4. The number of aromatic nitrogens is 5. The minimum atomic E-state index is -4.76. The van der Waals surface area contributed by atoms with Gasteiger partial charge in [0.2, 0.25) is 0 Å². The quantitative estimate of drug-likeness (QED) is 0.575. The lowest BCUT2D eigenvalue weighted by Crippen LogP contribution is -2.53. The van der Waals surface area contributed by atoms with Gasteiger partial charge < -0.3 is 4.90 Å². The molecule has 1 saturated heterocycles. The molecule has 3 atom stereocenters. The normalized spacial score (nSPS) is 22.2. The van der Waals surface area contributed by atoms with E-state index in [9.17, 15) is 18.0 Å². The van der Waals surface area contributed by atoms with Crippen LogP contribution in [0.2, 0.25) is 5.02 Å². The number of nitrogens with zero attached hydrogens (tertiary/aromatic N) is 5. The third kappa shape index (κ3) is 3.56. The van der Waals surface area contributed by atoms with Crippen molar-refractivity contribution in [1.29, 1.82) is 0 Å². The van der Waals surface area contributed by atoms with Crippen molar-refractivity contribution < 1.29 is 18.0 Å². The van der Waals surface area contributed by atoms with E-state index in [0.29, 0.717) is 18.7 Å². The van der Waals surface area contributed by atoms with Gasteiger partial charge in [-0.25, -0.2) is 9.97 Å². The Bertz CT molecular complexity index is 1230. The predicted molar refractivity (Wildman–Crippen MR) is 113 cm³/mol. The van der Waals surface area contributed by atoms with Gasteiger partial charge in [-0.3, -0.25) is 14.9 Å². The second-order valence-corrected chi connectivity index (χ2v) is 8.90. The highest BCUT2D eigenvalue weighted by Gasteiger charge is 2.46. The van der Waals surface area contributed by atoms with Crippen molar-refractivity contribution >= 4 is 17.5 Å². The number of hydrogen-bond acceptors (Lipinski definition) is 5. The van der Waals surface area contributed by atoms with E-state index in [0.717, 1.165) is 35.3 Å². The van der Waals surface area contributed by atoms with Gasteiger partial charge >= 0.3 is 6.18 Å². The first-order chi connectivity index (χ1) is 15.7. The SMILES string of the molecule is Cc1nc(-c2ccn[nH]2)c2c(n1)[C@H]1CC[C@H](C)C(C2)N1C(=O)c1ccnc(C(F)(F)F)c1Cl. The molecule has 1 N–H and O–H groups in total. The Labute approximate surface area is 192 Å². The minimum Gasteiger partial charge on any atom is -0.326 e. The summed E-state index contributed by atoms with van der Waals surface area (Å²) >= 11 is 6.05. The lowest BCUT2D eigenvalue weighted by Gasteiger charge is -2.49. The Morgan fingerprint density at radius 2 is 2.00 bits per heavy atom. The molecule has 33 heavy (non-hydrogen) atoms. The number of H-pyrrole nitrogens is 1. The van der Waals surface area contributed by atoms with Crippen molar-refractivity contribution in [3.63, 3.8) is 0 Å². The summed E-state index contributed by atoms with van der Waals surface area (Å²) in [5, 5.41) is 6.29. The second-order valence-electron chi connectivity index (χ2n) is 8.53. The van der Waals surface area contributed by atoms with Crippen molar-refractivity contribution in [3.05, 3.63) is 57.9 Å². The molecule has 5 rings (SSSR count). The van der Waals surface area contributed by atoms with Crippen LogP contribution in [0.5, 0.6) is 0 Å². The highest BCUT2D eigenvalue weighted by molar-refractivity contribution is 6.34. The molecule has 5 heterocycles. The van der Waals surface area contributed by atoms with Crippen LogP contribution < -0.4 is 0 Å². The molecule has 1 amide bonds. The number of carbonyl (C=O) groups is 1. The molecule has 0 aliphatic carbocycles. The molecule has 2 aliphatic heterocycles. The summed E-state index contributed by atoms with van der Waals surface area (Å²) in [5.74, 6) is 0.139. The van der Waals surface area contributed by atoms with E-state index in [1.165, 1.54) is 6.07 Å². The van der Waals surface area contributed by atoms with Gasteiger partial charge in [0.15, 0.2) is 5.69 Å². The van der Waals surface area contributed by atoms with E-state index in [1.54, 1.807) is 18.0 Å². The highest BCUT2D eigenvalue weighted by atomic mass is 35.5. The van der Waals surface area contributed by atoms with Gasteiger partial charge in [-0.05, 0) is 44.2 Å². The molecule has 11 heteroatoms. The van der Waals surface area contributed by atoms with Gasteiger partial charge in [-0.15, -0.1) is 0 Å². The molecule has 0 spiro atoms. The molecule has 1 unspecified atom stereocenters. The van der Waals surface area contributed by atoms with Crippen molar-refractivity contribution in [1.82, 2.24) is 30.0 Å². The van der Waals surface area contributed by atoms with E-state index in [1.807, 2.05) is 13.0 Å². The standard InChI is InChI=1S/C22H20ClF3N6O/c1-10-3-4-15-19-13(18(29-11(2)30-19)14-6-8-28-31-14)9-16(10)32(15)21(33)12-5-7-27-20(17(12)23)22(24,25)26/h5-8,10,15-16H,3-4,9H2,1-2H3,(H,28,31)/t10-,15+,16?/m0/s1.